The van der Waals surface area contributed by atoms with Crippen LogP contribution in [0.2, 0.25) is 0 Å². The normalized spacial score (nSPS) is 20.2. The Morgan fingerprint density at radius 3 is 1.68 bits per heavy atom. The molecule has 0 amide bonds. The molecule has 2 aromatic carbocycles. The highest BCUT2D eigenvalue weighted by Gasteiger charge is 2.57. The molecule has 0 N–H and O–H groups in total. The van der Waals surface area contributed by atoms with Crippen LogP contribution in [-0.2, 0) is 9.53 Å². The second kappa shape index (κ2) is 8.60. The monoisotopic (exact) mass is 458 g/mol. The van der Waals surface area contributed by atoms with E-state index in [1.54, 1.807) is 44.2 Å². The highest BCUT2D eigenvalue weighted by Crippen LogP contribution is 2.39. The van der Waals surface area contributed by atoms with Crippen LogP contribution in [0.1, 0.15) is 82.0 Å². The molecule has 1 unspecified atom stereocenters. The largest absolute Gasteiger partial charge is 0.466 e. The smallest absolute Gasteiger partial charge is 0.254 e. The number of benzene rings is 2. The third kappa shape index (κ3) is 3.63. The van der Waals surface area contributed by atoms with Gasteiger partial charge < -0.3 is 4.74 Å². The molecule has 2 aliphatic carbocycles. The lowest BCUT2D eigenvalue weighted by Gasteiger charge is -2.37. The molecule has 0 saturated heterocycles. The number of rotatable bonds is 6. The predicted octanol–water partition coefficient (Wildman–Crippen LogP) is 4.82. The van der Waals surface area contributed by atoms with Crippen LogP contribution in [0.25, 0.3) is 0 Å². The Bertz CT molecular complexity index is 1280. The minimum absolute atomic E-state index is 0.00298. The van der Waals surface area contributed by atoms with Crippen molar-refractivity contribution in [3.8, 4) is 0 Å². The first-order valence-corrected chi connectivity index (χ1v) is 11.4. The van der Waals surface area contributed by atoms with Gasteiger partial charge in [-0.1, -0.05) is 76.2 Å². The van der Waals surface area contributed by atoms with E-state index in [1.807, 2.05) is 13.8 Å². The molecule has 6 heteroatoms. The van der Waals surface area contributed by atoms with Crippen LogP contribution in [0.3, 0.4) is 0 Å². The van der Waals surface area contributed by atoms with Crippen molar-refractivity contribution in [2.75, 3.05) is 0 Å². The number of carbonyl (C=O) groups excluding carboxylic acids is 5. The van der Waals surface area contributed by atoms with Crippen LogP contribution in [0.15, 0.2) is 59.9 Å². The Hall–Kier alpha value is -3.67. The van der Waals surface area contributed by atoms with Gasteiger partial charge in [-0.15, -0.1) is 0 Å². The van der Waals surface area contributed by atoms with Gasteiger partial charge in [0, 0.05) is 34.2 Å². The van der Waals surface area contributed by atoms with Crippen molar-refractivity contribution >= 4 is 28.9 Å². The van der Waals surface area contributed by atoms with Gasteiger partial charge in [0.1, 0.15) is 0 Å². The summed E-state index contributed by atoms with van der Waals surface area (Å²) in [7, 11) is 0. The van der Waals surface area contributed by atoms with E-state index in [9.17, 15) is 24.0 Å². The molecule has 34 heavy (non-hydrogen) atoms. The molecular formula is C28H26O6. The molecular weight excluding hydrogens is 432 g/mol. The van der Waals surface area contributed by atoms with E-state index in [0.717, 1.165) is 0 Å². The van der Waals surface area contributed by atoms with Gasteiger partial charge >= 0.3 is 0 Å². The minimum Gasteiger partial charge on any atom is -0.466 e. The van der Waals surface area contributed by atoms with Gasteiger partial charge in [0.25, 0.3) is 5.78 Å². The first-order chi connectivity index (χ1) is 16.1. The Morgan fingerprint density at radius 2 is 1.15 bits per heavy atom. The summed E-state index contributed by atoms with van der Waals surface area (Å²) >= 11 is 0. The fourth-order valence-electron chi connectivity index (χ4n) is 4.68. The average molecular weight is 459 g/mol. The van der Waals surface area contributed by atoms with Crippen molar-refractivity contribution in [1.29, 1.82) is 0 Å². The molecule has 1 atom stereocenters. The van der Waals surface area contributed by atoms with E-state index in [0.29, 0.717) is 0 Å². The molecule has 2 aliphatic rings. The molecule has 4 rings (SSSR count). The third-order valence-electron chi connectivity index (χ3n) is 6.11. The van der Waals surface area contributed by atoms with Crippen LogP contribution < -0.4 is 0 Å². The maximum absolute atomic E-state index is 13.7. The molecule has 2 aromatic rings. The van der Waals surface area contributed by atoms with Gasteiger partial charge in [0.15, 0.2) is 11.5 Å². The van der Waals surface area contributed by atoms with Gasteiger partial charge in [-0.2, -0.15) is 0 Å². The zero-order valence-corrected chi connectivity index (χ0v) is 19.6. The van der Waals surface area contributed by atoms with Crippen molar-refractivity contribution in [3.63, 3.8) is 0 Å². The van der Waals surface area contributed by atoms with Gasteiger partial charge in [-0.25, -0.2) is 0 Å². The fourth-order valence-corrected chi connectivity index (χ4v) is 4.68. The maximum Gasteiger partial charge on any atom is 0.254 e. The summed E-state index contributed by atoms with van der Waals surface area (Å²) in [6.45, 7) is 7.37. The highest BCUT2D eigenvalue weighted by molar-refractivity contribution is 6.55. The number of hydrogen-bond acceptors (Lipinski definition) is 6. The standard InChI is InChI=1S/C28H26O6/c1-15(2)13-21-22(29)17-9-5-6-10-18(17)23(30)25(21)34-28(14-16(3)4)26(32)20-12-8-7-11-19(20)24(31)27(28)33/h5-12,15-16H,13-14H2,1-4H3. The number of ketones is 5. The van der Waals surface area contributed by atoms with Crippen LogP contribution >= 0.6 is 0 Å². The number of Topliss-reactive ketones (excluding diaryl/α,β-unsaturated/α-hetero) is 5. The SMILES string of the molecule is CC(C)CC1=C(OC2(CC(C)C)C(=O)C(=O)c3ccccc3C2=O)C(=O)c2ccccc2C1=O. The second-order valence-electron chi connectivity index (χ2n) is 9.67. The number of allylic oxidation sites excluding steroid dienone is 2. The number of carbonyl (C=O) groups is 5. The van der Waals surface area contributed by atoms with E-state index in [2.05, 4.69) is 0 Å². The number of ether oxygens (including phenoxy) is 1. The lowest BCUT2D eigenvalue weighted by molar-refractivity contribution is -0.131. The summed E-state index contributed by atoms with van der Waals surface area (Å²) in [5.74, 6) is -4.00. The van der Waals surface area contributed by atoms with Crippen molar-refractivity contribution < 1.29 is 28.7 Å². The maximum atomic E-state index is 13.7. The third-order valence-corrected chi connectivity index (χ3v) is 6.11. The van der Waals surface area contributed by atoms with Crippen LogP contribution in [0.5, 0.6) is 0 Å². The molecule has 0 spiro atoms. The quantitative estimate of drug-likeness (QED) is 0.455. The summed E-state index contributed by atoms with van der Waals surface area (Å²) < 4.78 is 6.12. The van der Waals surface area contributed by atoms with E-state index in [-0.39, 0.29) is 64.0 Å². The zero-order chi connectivity index (χ0) is 24.8. The fraction of sp³-hybridized carbons (Fsp3) is 0.321. The van der Waals surface area contributed by atoms with Crippen molar-refractivity contribution in [3.05, 3.63) is 82.1 Å². The summed E-state index contributed by atoms with van der Waals surface area (Å²) in [5.41, 5.74) is -1.58. The first kappa shape index (κ1) is 23.5. The van der Waals surface area contributed by atoms with Crippen molar-refractivity contribution in [2.45, 2.75) is 46.1 Å². The average Bonchev–Trinajstić information content (AvgIpc) is 2.81. The predicted molar refractivity (Wildman–Crippen MR) is 125 cm³/mol. The van der Waals surface area contributed by atoms with Crippen LogP contribution in [0.4, 0.5) is 0 Å². The summed E-state index contributed by atoms with van der Waals surface area (Å²) in [4.78, 5) is 67.2. The summed E-state index contributed by atoms with van der Waals surface area (Å²) in [5, 5.41) is 0. The van der Waals surface area contributed by atoms with Gasteiger partial charge in [0.05, 0.1) is 0 Å². The second-order valence-corrected chi connectivity index (χ2v) is 9.67. The topological polar surface area (TPSA) is 94.6 Å². The number of fused-ring (bicyclic) bond motifs is 2. The molecule has 0 radical (unpaired) electrons. The lowest BCUT2D eigenvalue weighted by Crippen LogP contribution is -2.57. The molecule has 174 valence electrons. The zero-order valence-electron chi connectivity index (χ0n) is 19.6. The highest BCUT2D eigenvalue weighted by atomic mass is 16.5. The lowest BCUT2D eigenvalue weighted by atomic mass is 9.73. The molecule has 0 fully saturated rings. The molecule has 0 aliphatic heterocycles. The first-order valence-electron chi connectivity index (χ1n) is 11.4. The van der Waals surface area contributed by atoms with Gasteiger partial charge in [0.2, 0.25) is 23.0 Å². The van der Waals surface area contributed by atoms with Crippen molar-refractivity contribution in [1.82, 2.24) is 0 Å². The molecule has 0 bridgehead atoms. The molecule has 6 nitrogen and oxygen atoms in total. The summed E-state index contributed by atoms with van der Waals surface area (Å²) in [6, 6.07) is 12.5. The Morgan fingerprint density at radius 1 is 0.647 bits per heavy atom. The van der Waals surface area contributed by atoms with E-state index in [4.69, 9.17) is 4.74 Å². The molecule has 0 heterocycles. The van der Waals surface area contributed by atoms with E-state index in [1.165, 1.54) is 18.2 Å². The van der Waals surface area contributed by atoms with Gasteiger partial charge in [-0.05, 0) is 18.3 Å². The molecule has 0 aromatic heterocycles. The van der Waals surface area contributed by atoms with E-state index < -0.39 is 28.7 Å². The van der Waals surface area contributed by atoms with Gasteiger partial charge in [-0.3, -0.25) is 24.0 Å². The van der Waals surface area contributed by atoms with Crippen LogP contribution in [-0.4, -0.2) is 34.5 Å². The van der Waals surface area contributed by atoms with Crippen molar-refractivity contribution in [2.24, 2.45) is 11.8 Å². The van der Waals surface area contributed by atoms with E-state index >= 15 is 0 Å². The Balaban J connectivity index is 1.94. The Kier molecular flexibility index (Phi) is 5.94. The minimum atomic E-state index is -2.21. The summed E-state index contributed by atoms with van der Waals surface area (Å²) in [6.07, 6.45) is 0.116. The number of hydrogen-bond donors (Lipinski definition) is 0. The Labute approximate surface area is 198 Å². The molecule has 0 saturated carbocycles. The van der Waals surface area contributed by atoms with Crippen LogP contribution in [0, 0.1) is 11.8 Å².